The summed E-state index contributed by atoms with van der Waals surface area (Å²) in [5.41, 5.74) is 1.62. The molecule has 2 N–H and O–H groups in total. The third-order valence-electron chi connectivity index (χ3n) is 5.53. The SMILES string of the molecule is C=C1C(=O)O[C@]2(C)CC[C@@H]1C[C@H](O)/C(C)=C\C/C=C(/C)CC[C@@H]2O. The van der Waals surface area contributed by atoms with Gasteiger partial charge in [0.2, 0.25) is 0 Å². The third kappa shape index (κ3) is 4.37. The highest BCUT2D eigenvalue weighted by Gasteiger charge is 2.41. The van der Waals surface area contributed by atoms with E-state index in [2.05, 4.69) is 12.7 Å². The molecule has 1 aliphatic heterocycles. The van der Waals surface area contributed by atoms with Crippen molar-refractivity contribution in [2.45, 2.75) is 77.1 Å². The predicted octanol–water partition coefficient (Wildman–Crippen LogP) is 3.44. The second-order valence-electron chi connectivity index (χ2n) is 7.50. The fourth-order valence-electron chi connectivity index (χ4n) is 3.43. The summed E-state index contributed by atoms with van der Waals surface area (Å²) in [7, 11) is 0. The standard InChI is InChI=1S/C20H30O4/c1-13-6-5-7-14(2)17(21)12-16-10-11-20(4,18(22)9-8-13)24-19(23)15(16)3/h6-7,16-18,21-22H,3,5,8-12H2,1-2,4H3/b13-6-,14-7-/t16-,17+,18+,20-/m1/s1. The summed E-state index contributed by atoms with van der Waals surface area (Å²) < 4.78 is 5.62. The largest absolute Gasteiger partial charge is 0.453 e. The van der Waals surface area contributed by atoms with Gasteiger partial charge in [-0.25, -0.2) is 4.79 Å². The number of fused-ring (bicyclic) bond motifs is 3. The molecule has 1 heterocycles. The number of carbonyl (C=O) groups is 1. The number of ether oxygens (including phenoxy) is 1. The van der Waals surface area contributed by atoms with E-state index in [0.29, 0.717) is 31.3 Å². The average molecular weight is 334 g/mol. The maximum absolute atomic E-state index is 12.4. The van der Waals surface area contributed by atoms with Crippen LogP contribution in [0, 0.1) is 5.92 Å². The summed E-state index contributed by atoms with van der Waals surface area (Å²) >= 11 is 0. The second-order valence-corrected chi connectivity index (χ2v) is 7.50. The molecule has 4 nitrogen and oxygen atoms in total. The molecule has 0 radical (unpaired) electrons. The molecule has 2 rings (SSSR count). The highest BCUT2D eigenvalue weighted by atomic mass is 16.6. The molecule has 24 heavy (non-hydrogen) atoms. The summed E-state index contributed by atoms with van der Waals surface area (Å²) in [6, 6.07) is 0. The van der Waals surface area contributed by atoms with E-state index in [1.807, 2.05) is 19.9 Å². The van der Waals surface area contributed by atoms with Crippen LogP contribution >= 0.6 is 0 Å². The van der Waals surface area contributed by atoms with Gasteiger partial charge in [-0.15, -0.1) is 0 Å². The van der Waals surface area contributed by atoms with Crippen molar-refractivity contribution in [2.24, 2.45) is 5.92 Å². The van der Waals surface area contributed by atoms with Crippen LogP contribution in [0.5, 0.6) is 0 Å². The number of hydrogen-bond acceptors (Lipinski definition) is 4. The van der Waals surface area contributed by atoms with Gasteiger partial charge in [0.25, 0.3) is 0 Å². The van der Waals surface area contributed by atoms with Crippen molar-refractivity contribution in [1.82, 2.24) is 0 Å². The molecule has 134 valence electrons. The molecule has 0 amide bonds. The van der Waals surface area contributed by atoms with Crippen LogP contribution in [-0.4, -0.2) is 34.0 Å². The van der Waals surface area contributed by atoms with Crippen molar-refractivity contribution >= 4 is 5.97 Å². The zero-order valence-corrected chi connectivity index (χ0v) is 15.0. The van der Waals surface area contributed by atoms with Gasteiger partial charge in [-0.3, -0.25) is 0 Å². The van der Waals surface area contributed by atoms with E-state index in [1.54, 1.807) is 6.92 Å². The minimum absolute atomic E-state index is 0.120. The molecule has 2 bridgehead atoms. The van der Waals surface area contributed by atoms with Crippen molar-refractivity contribution in [3.05, 3.63) is 35.5 Å². The van der Waals surface area contributed by atoms with Crippen molar-refractivity contribution in [1.29, 1.82) is 0 Å². The van der Waals surface area contributed by atoms with Crippen molar-refractivity contribution < 1.29 is 19.7 Å². The molecule has 0 aromatic rings. The monoisotopic (exact) mass is 334 g/mol. The Morgan fingerprint density at radius 2 is 1.96 bits per heavy atom. The lowest BCUT2D eigenvalue weighted by atomic mass is 9.83. The van der Waals surface area contributed by atoms with E-state index in [4.69, 9.17) is 4.74 Å². The molecule has 4 heteroatoms. The van der Waals surface area contributed by atoms with E-state index >= 15 is 0 Å². The highest BCUT2D eigenvalue weighted by Crippen LogP contribution is 2.37. The van der Waals surface area contributed by atoms with Crippen LogP contribution in [0.4, 0.5) is 0 Å². The van der Waals surface area contributed by atoms with Gasteiger partial charge in [-0.2, -0.15) is 0 Å². The Morgan fingerprint density at radius 3 is 2.67 bits per heavy atom. The third-order valence-corrected chi connectivity index (χ3v) is 5.53. The van der Waals surface area contributed by atoms with Gasteiger partial charge in [0.1, 0.15) is 5.60 Å². The number of carbonyl (C=O) groups excluding carboxylic acids is 1. The average Bonchev–Trinajstić information content (AvgIpc) is 2.64. The molecule has 1 saturated heterocycles. The lowest BCUT2D eigenvalue weighted by Gasteiger charge is -2.33. The first kappa shape index (κ1) is 18.9. The predicted molar refractivity (Wildman–Crippen MR) is 94.4 cm³/mol. The lowest BCUT2D eigenvalue weighted by molar-refractivity contribution is -0.165. The van der Waals surface area contributed by atoms with Crippen LogP contribution in [0.25, 0.3) is 0 Å². The van der Waals surface area contributed by atoms with Gasteiger partial charge in [0, 0.05) is 5.57 Å². The molecule has 0 spiro atoms. The molecule has 0 unspecified atom stereocenters. The van der Waals surface area contributed by atoms with Crippen LogP contribution in [0.3, 0.4) is 0 Å². The first-order valence-corrected chi connectivity index (χ1v) is 8.83. The normalized spacial score (nSPS) is 40.6. The number of esters is 1. The van der Waals surface area contributed by atoms with E-state index in [9.17, 15) is 15.0 Å². The molecular weight excluding hydrogens is 304 g/mol. The molecule has 0 aromatic heterocycles. The Balaban J connectivity index is 2.33. The van der Waals surface area contributed by atoms with Crippen molar-refractivity contribution in [2.75, 3.05) is 0 Å². The topological polar surface area (TPSA) is 66.8 Å². The van der Waals surface area contributed by atoms with E-state index in [1.165, 1.54) is 5.57 Å². The smallest absolute Gasteiger partial charge is 0.334 e. The zero-order chi connectivity index (χ0) is 17.9. The summed E-state index contributed by atoms with van der Waals surface area (Å²) in [5, 5.41) is 21.1. The molecule has 1 fully saturated rings. The number of rotatable bonds is 0. The Morgan fingerprint density at radius 1 is 1.25 bits per heavy atom. The summed E-state index contributed by atoms with van der Waals surface area (Å²) in [6.07, 6.45) is 6.65. The number of hydrogen-bond donors (Lipinski definition) is 2. The van der Waals surface area contributed by atoms with Crippen LogP contribution in [0.2, 0.25) is 0 Å². The minimum atomic E-state index is -0.894. The molecule has 1 aliphatic carbocycles. The Hall–Kier alpha value is -1.39. The van der Waals surface area contributed by atoms with Gasteiger partial charge in [0.05, 0.1) is 12.2 Å². The first-order chi connectivity index (χ1) is 11.2. The zero-order valence-electron chi connectivity index (χ0n) is 15.0. The van der Waals surface area contributed by atoms with Gasteiger partial charge in [-0.05, 0) is 70.8 Å². The molecule has 4 atom stereocenters. The summed E-state index contributed by atoms with van der Waals surface area (Å²) in [4.78, 5) is 12.4. The molecule has 0 saturated carbocycles. The Labute approximate surface area is 144 Å². The summed E-state index contributed by atoms with van der Waals surface area (Å²) in [5.74, 6) is -0.569. The van der Waals surface area contributed by atoms with Gasteiger partial charge in [0.15, 0.2) is 0 Å². The van der Waals surface area contributed by atoms with Crippen LogP contribution in [0.15, 0.2) is 35.5 Å². The number of allylic oxidation sites excluding steroid dienone is 3. The molecular formula is C20H30O4. The first-order valence-electron chi connectivity index (χ1n) is 8.83. The van der Waals surface area contributed by atoms with Gasteiger partial charge >= 0.3 is 5.97 Å². The quantitative estimate of drug-likeness (QED) is 0.404. The van der Waals surface area contributed by atoms with Crippen LogP contribution < -0.4 is 0 Å². The fraction of sp³-hybridized carbons (Fsp3) is 0.650. The van der Waals surface area contributed by atoms with Crippen LogP contribution in [-0.2, 0) is 9.53 Å². The van der Waals surface area contributed by atoms with Crippen molar-refractivity contribution in [3.63, 3.8) is 0 Å². The molecule has 2 aliphatic rings. The maximum atomic E-state index is 12.4. The van der Waals surface area contributed by atoms with E-state index in [-0.39, 0.29) is 5.92 Å². The highest BCUT2D eigenvalue weighted by molar-refractivity contribution is 5.89. The van der Waals surface area contributed by atoms with Crippen LogP contribution in [0.1, 0.15) is 59.3 Å². The maximum Gasteiger partial charge on any atom is 0.334 e. The fourth-order valence-corrected chi connectivity index (χ4v) is 3.43. The van der Waals surface area contributed by atoms with Gasteiger partial charge in [-0.1, -0.05) is 24.3 Å². The van der Waals surface area contributed by atoms with Crippen molar-refractivity contribution in [3.8, 4) is 0 Å². The molecule has 0 aromatic carbocycles. The lowest BCUT2D eigenvalue weighted by Crippen LogP contribution is -2.43. The number of aliphatic hydroxyl groups excluding tert-OH is 2. The Bertz CT molecular complexity index is 560. The Kier molecular flexibility index (Phi) is 6.05. The summed E-state index contributed by atoms with van der Waals surface area (Å²) in [6.45, 7) is 9.66. The van der Waals surface area contributed by atoms with E-state index in [0.717, 1.165) is 18.4 Å². The van der Waals surface area contributed by atoms with E-state index < -0.39 is 23.8 Å². The minimum Gasteiger partial charge on any atom is -0.453 e. The second kappa shape index (κ2) is 7.66. The number of aliphatic hydroxyl groups is 2. The van der Waals surface area contributed by atoms with Gasteiger partial charge < -0.3 is 14.9 Å².